The van der Waals surface area contributed by atoms with Crippen LogP contribution in [-0.4, -0.2) is 96.1 Å². The fraction of sp³-hybridized carbons (Fsp3) is 0.346. The Labute approximate surface area is 262 Å². The van der Waals surface area contributed by atoms with Crippen LogP contribution in [0.2, 0.25) is 0 Å². The van der Waals surface area contributed by atoms with Crippen molar-refractivity contribution in [1.82, 2.24) is 19.4 Å². The summed E-state index contributed by atoms with van der Waals surface area (Å²) in [4.78, 5) is 49.9. The molecule has 0 aromatic carbocycles. The van der Waals surface area contributed by atoms with Crippen molar-refractivity contribution in [1.29, 1.82) is 0 Å². The second kappa shape index (κ2) is 15.8. The van der Waals surface area contributed by atoms with Crippen molar-refractivity contribution < 1.29 is 74.0 Å². The predicted octanol–water partition coefficient (Wildman–Crippen LogP) is 4.93. The molecule has 0 aliphatic carbocycles. The zero-order valence-electron chi connectivity index (χ0n) is 23.3. The van der Waals surface area contributed by atoms with Crippen molar-refractivity contribution in [2.75, 3.05) is 13.1 Å². The van der Waals surface area contributed by atoms with E-state index in [0.29, 0.717) is 12.6 Å². The number of fused-ring (bicyclic) bond motifs is 3. The standard InChI is InChI=1S/C20H20N4OS.3C2HF3O2/c25-20-17-6-2-8-23(17)18-13-22(12-16-5-3-9-26-16)14-19(18)24(20)11-15-4-1-7-21-10-15;3*3-2(4,5)1(6)7/h1-10,18-19H,11-14H2;3*(H,6,7)/t18-,19+;;;/m0.../s1. The minimum Gasteiger partial charge on any atom is -0.475 e. The fourth-order valence-corrected chi connectivity index (χ4v) is 4.96. The van der Waals surface area contributed by atoms with E-state index in [9.17, 15) is 44.3 Å². The molecular weight excluding hydrogens is 683 g/mol. The lowest BCUT2D eigenvalue weighted by Gasteiger charge is -2.38. The molecule has 47 heavy (non-hydrogen) atoms. The van der Waals surface area contributed by atoms with E-state index in [1.54, 1.807) is 17.5 Å². The Balaban J connectivity index is 0.000000301. The lowest BCUT2D eigenvalue weighted by molar-refractivity contribution is -0.193. The van der Waals surface area contributed by atoms with Gasteiger partial charge in [0.1, 0.15) is 5.69 Å². The molecule has 2 atom stereocenters. The van der Waals surface area contributed by atoms with Gasteiger partial charge in [0.2, 0.25) is 0 Å². The molecule has 21 heteroatoms. The Bertz CT molecular complexity index is 1440. The van der Waals surface area contributed by atoms with Gasteiger partial charge in [-0.3, -0.25) is 14.7 Å². The van der Waals surface area contributed by atoms with Crippen molar-refractivity contribution in [2.24, 2.45) is 0 Å². The number of nitrogens with zero attached hydrogens (tertiary/aromatic N) is 4. The summed E-state index contributed by atoms with van der Waals surface area (Å²) >= 11 is 1.80. The molecule has 11 nitrogen and oxygen atoms in total. The number of carbonyl (C=O) groups excluding carboxylic acids is 1. The quantitative estimate of drug-likeness (QED) is 0.321. The van der Waals surface area contributed by atoms with Crippen LogP contribution in [0.25, 0.3) is 0 Å². The minimum atomic E-state index is -5.08. The monoisotopic (exact) mass is 706 g/mol. The lowest BCUT2D eigenvalue weighted by Crippen LogP contribution is -2.49. The molecule has 0 unspecified atom stereocenters. The molecule has 5 rings (SSSR count). The Hall–Kier alpha value is -4.66. The number of pyridine rings is 1. The number of hydrogen-bond acceptors (Lipinski definition) is 7. The number of thiophene rings is 1. The van der Waals surface area contributed by atoms with Gasteiger partial charge in [-0.1, -0.05) is 12.1 Å². The SMILES string of the molecule is O=C(O)C(F)(F)F.O=C(O)C(F)(F)F.O=C(O)C(F)(F)F.O=C1c2cccn2[C@H]2CN(Cc3cccs3)C[C@H]2N1Cc1cccnc1. The highest BCUT2D eigenvalue weighted by molar-refractivity contribution is 7.09. The van der Waals surface area contributed by atoms with E-state index in [4.69, 9.17) is 29.7 Å². The number of halogens is 9. The normalized spacial score (nSPS) is 17.5. The van der Waals surface area contributed by atoms with Gasteiger partial charge >= 0.3 is 36.4 Å². The van der Waals surface area contributed by atoms with E-state index in [0.717, 1.165) is 30.9 Å². The van der Waals surface area contributed by atoms with Crippen LogP contribution in [0.4, 0.5) is 39.5 Å². The molecule has 0 radical (unpaired) electrons. The van der Waals surface area contributed by atoms with E-state index in [2.05, 4.69) is 38.2 Å². The average Bonchev–Trinajstić information content (AvgIpc) is 3.73. The molecule has 1 amide bonds. The highest BCUT2D eigenvalue weighted by Gasteiger charge is 2.45. The summed E-state index contributed by atoms with van der Waals surface area (Å²) < 4.78 is 97.4. The number of rotatable bonds is 4. The molecule has 2 aliphatic heterocycles. The van der Waals surface area contributed by atoms with Crippen molar-refractivity contribution in [3.63, 3.8) is 0 Å². The van der Waals surface area contributed by atoms with Crippen molar-refractivity contribution in [2.45, 2.75) is 43.7 Å². The van der Waals surface area contributed by atoms with Crippen LogP contribution in [0.1, 0.15) is 27.0 Å². The molecule has 2 aliphatic rings. The molecule has 0 spiro atoms. The molecular formula is C26H23F9N4O7S. The molecule has 3 aromatic rings. The van der Waals surface area contributed by atoms with Gasteiger partial charge in [0.05, 0.1) is 12.1 Å². The average molecular weight is 707 g/mol. The largest absolute Gasteiger partial charge is 0.490 e. The first kappa shape index (κ1) is 38.5. The Kier molecular flexibility index (Phi) is 12.9. The van der Waals surface area contributed by atoms with Crippen LogP contribution < -0.4 is 0 Å². The van der Waals surface area contributed by atoms with Gasteiger partial charge in [-0.25, -0.2) is 14.4 Å². The maximum Gasteiger partial charge on any atom is 0.490 e. The van der Waals surface area contributed by atoms with Gasteiger partial charge in [-0.15, -0.1) is 11.3 Å². The minimum absolute atomic E-state index is 0.123. The summed E-state index contributed by atoms with van der Waals surface area (Å²) in [6.07, 6.45) is -9.57. The third-order valence-corrected chi connectivity index (χ3v) is 6.98. The van der Waals surface area contributed by atoms with Gasteiger partial charge in [0.25, 0.3) is 5.91 Å². The number of hydrogen-bond donors (Lipinski definition) is 3. The van der Waals surface area contributed by atoms with Crippen LogP contribution in [0.3, 0.4) is 0 Å². The molecule has 0 saturated carbocycles. The maximum atomic E-state index is 13.1. The second-order valence-electron chi connectivity index (χ2n) is 9.41. The van der Waals surface area contributed by atoms with Crippen LogP contribution in [-0.2, 0) is 27.5 Å². The Morgan fingerprint density at radius 2 is 1.32 bits per heavy atom. The van der Waals surface area contributed by atoms with Crippen LogP contribution in [0, 0.1) is 0 Å². The Morgan fingerprint density at radius 1 is 0.787 bits per heavy atom. The summed E-state index contributed by atoms with van der Waals surface area (Å²) in [7, 11) is 0. The molecule has 3 aromatic heterocycles. The van der Waals surface area contributed by atoms with E-state index in [1.807, 2.05) is 35.4 Å². The lowest BCUT2D eigenvalue weighted by atomic mass is 10.0. The van der Waals surface area contributed by atoms with Gasteiger partial charge < -0.3 is 24.8 Å². The van der Waals surface area contributed by atoms with Gasteiger partial charge in [0, 0.05) is 49.6 Å². The van der Waals surface area contributed by atoms with E-state index < -0.39 is 36.4 Å². The summed E-state index contributed by atoms with van der Waals surface area (Å²) in [5.74, 6) is -8.15. The van der Waals surface area contributed by atoms with E-state index in [1.165, 1.54) is 4.88 Å². The second-order valence-corrected chi connectivity index (χ2v) is 10.4. The molecule has 258 valence electrons. The van der Waals surface area contributed by atoms with Gasteiger partial charge in [-0.2, -0.15) is 39.5 Å². The molecule has 5 heterocycles. The first-order chi connectivity index (χ1) is 21.6. The topological polar surface area (TPSA) is 153 Å². The number of aliphatic carboxylic acids is 3. The van der Waals surface area contributed by atoms with Crippen LogP contribution in [0.5, 0.6) is 0 Å². The number of carboxylic acid groups (broad SMARTS) is 3. The number of alkyl halides is 9. The zero-order chi connectivity index (χ0) is 35.7. The smallest absolute Gasteiger partial charge is 0.475 e. The number of likely N-dealkylation sites (tertiary alicyclic amines) is 1. The van der Waals surface area contributed by atoms with E-state index >= 15 is 0 Å². The Morgan fingerprint density at radius 3 is 1.77 bits per heavy atom. The number of carboxylic acids is 3. The van der Waals surface area contributed by atoms with E-state index in [-0.39, 0.29) is 11.9 Å². The van der Waals surface area contributed by atoms with Crippen molar-refractivity contribution in [3.05, 3.63) is 76.5 Å². The number of aromatic nitrogens is 2. The maximum absolute atomic E-state index is 13.1. The summed E-state index contributed by atoms with van der Waals surface area (Å²) in [6, 6.07) is 12.7. The van der Waals surface area contributed by atoms with Crippen LogP contribution in [0.15, 0.2) is 60.4 Å². The van der Waals surface area contributed by atoms with Gasteiger partial charge in [-0.05, 0) is 35.2 Å². The predicted molar refractivity (Wildman–Crippen MR) is 142 cm³/mol. The molecule has 1 saturated heterocycles. The molecule has 3 N–H and O–H groups in total. The first-order valence-corrected chi connectivity index (χ1v) is 13.5. The highest BCUT2D eigenvalue weighted by Crippen LogP contribution is 2.35. The van der Waals surface area contributed by atoms with Gasteiger partial charge in [0.15, 0.2) is 0 Å². The van der Waals surface area contributed by atoms with Crippen molar-refractivity contribution >= 4 is 35.2 Å². The number of amides is 1. The third-order valence-electron chi connectivity index (χ3n) is 6.11. The summed E-state index contributed by atoms with van der Waals surface area (Å²) in [6.45, 7) is 3.45. The first-order valence-electron chi connectivity index (χ1n) is 12.6. The molecule has 0 bridgehead atoms. The van der Waals surface area contributed by atoms with Crippen LogP contribution >= 0.6 is 11.3 Å². The van der Waals surface area contributed by atoms with Crippen molar-refractivity contribution in [3.8, 4) is 0 Å². The zero-order valence-corrected chi connectivity index (χ0v) is 24.1. The highest BCUT2D eigenvalue weighted by atomic mass is 32.1. The third kappa shape index (κ3) is 11.6. The summed E-state index contributed by atoms with van der Waals surface area (Å²) in [5, 5.41) is 23.5. The number of carbonyl (C=O) groups is 4. The summed E-state index contributed by atoms with van der Waals surface area (Å²) in [5.41, 5.74) is 1.88. The fourth-order valence-electron chi connectivity index (χ4n) is 4.22. The molecule has 1 fully saturated rings.